The lowest BCUT2D eigenvalue weighted by Crippen LogP contribution is -2.32. The maximum absolute atomic E-state index is 12.9. The van der Waals surface area contributed by atoms with Crippen LogP contribution in [0.25, 0.3) is 5.69 Å². The predicted molar refractivity (Wildman–Crippen MR) is 115 cm³/mol. The van der Waals surface area contributed by atoms with E-state index in [9.17, 15) is 14.4 Å². The fourth-order valence-electron chi connectivity index (χ4n) is 3.04. The molecule has 1 aromatic heterocycles. The number of rotatable bonds is 6. The lowest BCUT2D eigenvalue weighted by atomic mass is 10.2. The molecule has 30 heavy (non-hydrogen) atoms. The molecule has 2 aromatic carbocycles. The van der Waals surface area contributed by atoms with Crippen molar-refractivity contribution < 1.29 is 14.3 Å². The van der Waals surface area contributed by atoms with E-state index in [1.807, 2.05) is 30.3 Å². The van der Waals surface area contributed by atoms with Gasteiger partial charge in [-0.25, -0.2) is 4.68 Å². The van der Waals surface area contributed by atoms with Gasteiger partial charge in [0.1, 0.15) is 11.4 Å². The summed E-state index contributed by atoms with van der Waals surface area (Å²) in [5.41, 5.74) is 1.63. The summed E-state index contributed by atoms with van der Waals surface area (Å²) in [7, 11) is 1.75. The van der Waals surface area contributed by atoms with E-state index >= 15 is 0 Å². The van der Waals surface area contributed by atoms with E-state index in [-0.39, 0.29) is 17.2 Å². The summed E-state index contributed by atoms with van der Waals surface area (Å²) in [6.45, 7) is 4.73. The van der Waals surface area contributed by atoms with Crippen LogP contribution in [0.1, 0.15) is 19.5 Å². The van der Waals surface area contributed by atoms with Gasteiger partial charge in [0.05, 0.1) is 17.1 Å². The number of nitrogens with one attached hydrogen (secondary N) is 2. The van der Waals surface area contributed by atoms with E-state index in [1.54, 1.807) is 49.8 Å². The predicted octanol–water partition coefficient (Wildman–Crippen LogP) is 2.85. The number of hydrogen-bond acceptors (Lipinski definition) is 4. The summed E-state index contributed by atoms with van der Waals surface area (Å²) >= 11 is 0. The molecule has 0 radical (unpaired) electrons. The van der Waals surface area contributed by atoms with E-state index in [0.29, 0.717) is 22.8 Å². The van der Waals surface area contributed by atoms with Crippen LogP contribution in [-0.2, 0) is 16.6 Å². The first-order valence-corrected chi connectivity index (χ1v) is 9.47. The molecule has 8 nitrogen and oxygen atoms in total. The molecule has 3 aromatic rings. The molecule has 1 heterocycles. The minimum absolute atomic E-state index is 0.192. The van der Waals surface area contributed by atoms with Crippen LogP contribution in [0.15, 0.2) is 59.4 Å². The summed E-state index contributed by atoms with van der Waals surface area (Å²) in [6.07, 6.45) is -0.899. The van der Waals surface area contributed by atoms with Gasteiger partial charge in [-0.05, 0) is 38.1 Å². The number of ether oxygens (including phenoxy) is 1. The molecular formula is C22H24N4O4. The fourth-order valence-corrected chi connectivity index (χ4v) is 3.04. The summed E-state index contributed by atoms with van der Waals surface area (Å²) in [6, 6.07) is 16.0. The molecule has 0 unspecified atom stereocenters. The van der Waals surface area contributed by atoms with E-state index in [4.69, 9.17) is 4.74 Å². The molecule has 0 aliphatic rings. The van der Waals surface area contributed by atoms with E-state index < -0.39 is 12.0 Å². The first-order chi connectivity index (χ1) is 14.3. The zero-order valence-electron chi connectivity index (χ0n) is 17.3. The van der Waals surface area contributed by atoms with Gasteiger partial charge in [0, 0.05) is 14.0 Å². The van der Waals surface area contributed by atoms with Crippen molar-refractivity contribution in [1.82, 2.24) is 9.36 Å². The number of amides is 2. The zero-order chi connectivity index (χ0) is 21.8. The van der Waals surface area contributed by atoms with Crippen molar-refractivity contribution in [1.29, 1.82) is 0 Å². The minimum Gasteiger partial charge on any atom is -0.479 e. The Balaban J connectivity index is 1.82. The van der Waals surface area contributed by atoms with Crippen molar-refractivity contribution in [3.63, 3.8) is 0 Å². The van der Waals surface area contributed by atoms with E-state index in [2.05, 4.69) is 10.6 Å². The molecule has 0 fully saturated rings. The summed E-state index contributed by atoms with van der Waals surface area (Å²) in [5.74, 6) is -0.356. The van der Waals surface area contributed by atoms with E-state index in [1.165, 1.54) is 11.6 Å². The number of carbonyl (C=O) groups is 2. The normalized spacial score (nSPS) is 11.6. The maximum Gasteiger partial charge on any atom is 0.295 e. The average Bonchev–Trinajstić information content (AvgIpc) is 2.93. The van der Waals surface area contributed by atoms with Gasteiger partial charge in [-0.15, -0.1) is 0 Å². The van der Waals surface area contributed by atoms with Gasteiger partial charge in [0.25, 0.3) is 11.5 Å². The van der Waals surface area contributed by atoms with Crippen LogP contribution >= 0.6 is 0 Å². The summed E-state index contributed by atoms with van der Waals surface area (Å²) in [4.78, 5) is 37.0. The average molecular weight is 408 g/mol. The number of anilines is 2. The maximum atomic E-state index is 12.9. The van der Waals surface area contributed by atoms with Crippen LogP contribution in [0.5, 0.6) is 5.75 Å². The third-order valence-electron chi connectivity index (χ3n) is 4.67. The number of nitrogens with zero attached hydrogens (tertiary/aromatic N) is 2. The van der Waals surface area contributed by atoms with Gasteiger partial charge >= 0.3 is 0 Å². The van der Waals surface area contributed by atoms with Gasteiger partial charge in [0.2, 0.25) is 5.91 Å². The second-order valence-corrected chi connectivity index (χ2v) is 6.86. The number of aromatic nitrogens is 2. The van der Waals surface area contributed by atoms with Crippen LogP contribution in [0.4, 0.5) is 11.4 Å². The van der Waals surface area contributed by atoms with Crippen LogP contribution in [0, 0.1) is 6.92 Å². The van der Waals surface area contributed by atoms with Gasteiger partial charge in [0.15, 0.2) is 6.10 Å². The number of hydrogen-bond donors (Lipinski definition) is 2. The van der Waals surface area contributed by atoms with Crippen molar-refractivity contribution in [3.05, 3.63) is 70.6 Å². The molecule has 156 valence electrons. The van der Waals surface area contributed by atoms with Gasteiger partial charge in [-0.3, -0.25) is 19.1 Å². The smallest absolute Gasteiger partial charge is 0.295 e. The molecule has 0 bridgehead atoms. The molecular weight excluding hydrogens is 384 g/mol. The third-order valence-corrected chi connectivity index (χ3v) is 4.67. The van der Waals surface area contributed by atoms with Gasteiger partial charge in [-0.2, -0.15) is 0 Å². The monoisotopic (exact) mass is 408 g/mol. The Bertz CT molecular complexity index is 1130. The van der Waals surface area contributed by atoms with Crippen molar-refractivity contribution in [2.45, 2.75) is 26.9 Å². The largest absolute Gasteiger partial charge is 0.479 e. The molecule has 0 aliphatic carbocycles. The molecule has 0 aliphatic heterocycles. The Kier molecular flexibility index (Phi) is 6.06. The minimum atomic E-state index is -0.899. The Morgan fingerprint density at radius 2 is 1.63 bits per heavy atom. The number of carbonyl (C=O) groups excluding carboxylic acids is 2. The Morgan fingerprint density at radius 1 is 1.00 bits per heavy atom. The molecule has 0 spiro atoms. The third kappa shape index (κ3) is 4.27. The van der Waals surface area contributed by atoms with Crippen LogP contribution < -0.4 is 20.9 Å². The standard InChI is InChI=1S/C22H24N4O4/c1-14-20(22(29)26(25(14)4)17-10-6-5-7-11-17)24-21(28)15(2)30-19-13-9-8-12-18(19)23-16(3)27/h5-13,15H,1-4H3,(H,23,27)(H,24,28)/t15-/m0/s1. The molecule has 8 heteroatoms. The lowest BCUT2D eigenvalue weighted by molar-refractivity contribution is -0.122. The van der Waals surface area contributed by atoms with E-state index in [0.717, 1.165) is 0 Å². The first-order valence-electron chi connectivity index (χ1n) is 9.47. The van der Waals surface area contributed by atoms with Crippen molar-refractivity contribution in [2.75, 3.05) is 10.6 Å². The Labute approximate surface area is 174 Å². The number of benzene rings is 2. The molecule has 0 saturated carbocycles. The van der Waals surface area contributed by atoms with Crippen molar-refractivity contribution >= 4 is 23.2 Å². The topological polar surface area (TPSA) is 94.4 Å². The molecule has 0 saturated heterocycles. The molecule has 2 N–H and O–H groups in total. The van der Waals surface area contributed by atoms with Crippen LogP contribution in [0.2, 0.25) is 0 Å². The fraction of sp³-hybridized carbons (Fsp3) is 0.227. The second-order valence-electron chi connectivity index (χ2n) is 6.86. The molecule has 3 rings (SSSR count). The summed E-state index contributed by atoms with van der Waals surface area (Å²) < 4.78 is 8.91. The van der Waals surface area contributed by atoms with Gasteiger partial charge in [-0.1, -0.05) is 30.3 Å². The van der Waals surface area contributed by atoms with Crippen LogP contribution in [-0.4, -0.2) is 27.3 Å². The highest BCUT2D eigenvalue weighted by molar-refractivity contribution is 5.95. The highest BCUT2D eigenvalue weighted by atomic mass is 16.5. The van der Waals surface area contributed by atoms with Crippen molar-refractivity contribution in [3.8, 4) is 11.4 Å². The Morgan fingerprint density at radius 3 is 2.30 bits per heavy atom. The Hall–Kier alpha value is -3.81. The quantitative estimate of drug-likeness (QED) is 0.656. The van der Waals surface area contributed by atoms with Gasteiger partial charge < -0.3 is 15.4 Å². The zero-order valence-corrected chi connectivity index (χ0v) is 17.3. The second kappa shape index (κ2) is 8.69. The highest BCUT2D eigenvalue weighted by Crippen LogP contribution is 2.25. The lowest BCUT2D eigenvalue weighted by Gasteiger charge is -2.17. The molecule has 2 amide bonds. The van der Waals surface area contributed by atoms with Crippen molar-refractivity contribution in [2.24, 2.45) is 7.05 Å². The first kappa shape index (κ1) is 20.9. The summed E-state index contributed by atoms with van der Waals surface area (Å²) in [5, 5.41) is 5.35. The highest BCUT2D eigenvalue weighted by Gasteiger charge is 2.22. The number of para-hydroxylation sites is 3. The van der Waals surface area contributed by atoms with Crippen LogP contribution in [0.3, 0.4) is 0 Å². The SMILES string of the molecule is CC(=O)Nc1ccccc1O[C@@H](C)C(=O)Nc1c(C)n(C)n(-c2ccccc2)c1=O. The molecule has 1 atom stereocenters.